The minimum absolute atomic E-state index is 0. The van der Waals surface area contributed by atoms with Crippen LogP contribution in [0.1, 0.15) is 24.2 Å². The number of benzene rings is 1. The molecule has 0 aliphatic carbocycles. The highest BCUT2D eigenvalue weighted by Crippen LogP contribution is 2.14. The number of nitrogens with one attached hydrogen (secondary N) is 1. The largest absolute Gasteiger partial charge is 0.333 e. The van der Waals surface area contributed by atoms with Gasteiger partial charge >= 0.3 is 0 Å². The predicted molar refractivity (Wildman–Crippen MR) is 84.4 cm³/mol. The van der Waals surface area contributed by atoms with Gasteiger partial charge in [0.2, 0.25) is 0 Å². The molecular weight excluding hydrogens is 363 g/mol. The van der Waals surface area contributed by atoms with Gasteiger partial charge < -0.3 is 10.2 Å². The van der Waals surface area contributed by atoms with E-state index in [-0.39, 0.29) is 24.4 Å². The van der Waals surface area contributed by atoms with Crippen molar-refractivity contribution in [2.45, 2.75) is 25.9 Å². The molecule has 5 heteroatoms. The first-order valence-electron chi connectivity index (χ1n) is 5.88. The second kappa shape index (κ2) is 6.73. The van der Waals surface area contributed by atoms with Crippen LogP contribution in [0.4, 0.5) is 0 Å². The van der Waals surface area contributed by atoms with Crippen molar-refractivity contribution in [1.29, 1.82) is 0 Å². The quantitative estimate of drug-likeness (QED) is 0.760. The first kappa shape index (κ1) is 15.7. The van der Waals surface area contributed by atoms with Gasteiger partial charge in [-0.15, -0.1) is 12.4 Å². The summed E-state index contributed by atoms with van der Waals surface area (Å²) in [5, 5.41) is 3.38. The molecule has 0 aromatic heterocycles. The Morgan fingerprint density at radius 1 is 1.44 bits per heavy atom. The first-order valence-corrected chi connectivity index (χ1v) is 6.95. The summed E-state index contributed by atoms with van der Waals surface area (Å²) >= 11 is 2.24. The van der Waals surface area contributed by atoms with E-state index < -0.39 is 0 Å². The zero-order chi connectivity index (χ0) is 12.4. The fraction of sp³-hybridized carbons (Fsp3) is 0.462. The molecule has 2 unspecified atom stereocenters. The molecule has 1 amide bonds. The summed E-state index contributed by atoms with van der Waals surface area (Å²) in [7, 11) is 0. The number of carbonyl (C=O) groups is 1. The lowest BCUT2D eigenvalue weighted by atomic mass is 10.1. The highest BCUT2D eigenvalue weighted by molar-refractivity contribution is 14.1. The Kier molecular flexibility index (Phi) is 5.88. The highest BCUT2D eigenvalue weighted by atomic mass is 127. The number of hydrogen-bond acceptors (Lipinski definition) is 2. The summed E-state index contributed by atoms with van der Waals surface area (Å²) in [6.07, 6.45) is 0. The minimum atomic E-state index is 0. The second-order valence-electron chi connectivity index (χ2n) is 4.63. The predicted octanol–water partition coefficient (Wildman–Crippen LogP) is 2.54. The van der Waals surface area contributed by atoms with Crippen molar-refractivity contribution in [1.82, 2.24) is 10.2 Å². The van der Waals surface area contributed by atoms with Gasteiger partial charge in [0.1, 0.15) is 0 Å². The van der Waals surface area contributed by atoms with Gasteiger partial charge in [0.05, 0.1) is 0 Å². The van der Waals surface area contributed by atoms with Gasteiger partial charge in [-0.3, -0.25) is 4.79 Å². The van der Waals surface area contributed by atoms with E-state index >= 15 is 0 Å². The molecule has 0 bridgehead atoms. The number of nitrogens with zero attached hydrogens (tertiary/aromatic N) is 1. The molecule has 100 valence electrons. The van der Waals surface area contributed by atoms with Gasteiger partial charge in [-0.25, -0.2) is 0 Å². The summed E-state index contributed by atoms with van der Waals surface area (Å²) < 4.78 is 1.10. The number of carbonyl (C=O) groups excluding carboxylic acids is 1. The number of halogens is 2. The van der Waals surface area contributed by atoms with Crippen LogP contribution in [0, 0.1) is 3.57 Å². The molecule has 18 heavy (non-hydrogen) atoms. The Morgan fingerprint density at radius 2 is 2.17 bits per heavy atom. The van der Waals surface area contributed by atoms with Crippen LogP contribution in [0.15, 0.2) is 24.3 Å². The maximum absolute atomic E-state index is 12.4. The third-order valence-corrected chi connectivity index (χ3v) is 3.77. The Hall–Kier alpha value is -0.330. The van der Waals surface area contributed by atoms with E-state index in [1.165, 1.54) is 0 Å². The Balaban J connectivity index is 0.00000162. The van der Waals surface area contributed by atoms with E-state index in [9.17, 15) is 4.79 Å². The van der Waals surface area contributed by atoms with Crippen LogP contribution in [0.2, 0.25) is 0 Å². The molecule has 2 rings (SSSR count). The standard InChI is InChI=1S/C13H17IN2O.ClH/c1-9-8-16(10(2)7-15-9)13(17)11-4-3-5-12(14)6-11;/h3-6,9-10,15H,7-8H2,1-2H3;1H. The summed E-state index contributed by atoms with van der Waals surface area (Å²) in [4.78, 5) is 14.4. The molecule has 1 aliphatic heterocycles. The lowest BCUT2D eigenvalue weighted by molar-refractivity contribution is 0.0616. The van der Waals surface area contributed by atoms with Crippen LogP contribution in [0.5, 0.6) is 0 Å². The molecule has 1 aliphatic rings. The van der Waals surface area contributed by atoms with Crippen LogP contribution >= 0.6 is 35.0 Å². The van der Waals surface area contributed by atoms with Crippen molar-refractivity contribution in [3.05, 3.63) is 33.4 Å². The fourth-order valence-corrected chi connectivity index (χ4v) is 2.63. The molecule has 0 radical (unpaired) electrons. The molecule has 1 saturated heterocycles. The summed E-state index contributed by atoms with van der Waals surface area (Å²) in [6, 6.07) is 8.41. The van der Waals surface area contributed by atoms with Crippen LogP contribution in [-0.4, -0.2) is 36.0 Å². The molecular formula is C13H18ClIN2O. The van der Waals surface area contributed by atoms with Crippen molar-refractivity contribution >= 4 is 40.9 Å². The number of hydrogen-bond donors (Lipinski definition) is 1. The molecule has 1 aromatic carbocycles. The SMILES string of the molecule is CC1CN(C(=O)c2cccc(I)c2)C(C)CN1.Cl. The van der Waals surface area contributed by atoms with Crippen molar-refractivity contribution in [2.24, 2.45) is 0 Å². The van der Waals surface area contributed by atoms with E-state index in [2.05, 4.69) is 41.8 Å². The topological polar surface area (TPSA) is 32.3 Å². The Labute approximate surface area is 128 Å². The maximum Gasteiger partial charge on any atom is 0.254 e. The van der Waals surface area contributed by atoms with Crippen molar-refractivity contribution in [3.8, 4) is 0 Å². The normalized spacial score (nSPS) is 23.4. The molecule has 1 aromatic rings. The van der Waals surface area contributed by atoms with Gasteiger partial charge in [0.15, 0.2) is 0 Å². The Morgan fingerprint density at radius 3 is 2.83 bits per heavy atom. The van der Waals surface area contributed by atoms with Gasteiger partial charge in [-0.1, -0.05) is 6.07 Å². The maximum atomic E-state index is 12.4. The number of piperazine rings is 1. The molecule has 2 atom stereocenters. The number of rotatable bonds is 1. The lowest BCUT2D eigenvalue weighted by Crippen LogP contribution is -2.56. The van der Waals surface area contributed by atoms with E-state index in [0.717, 1.165) is 22.2 Å². The monoisotopic (exact) mass is 380 g/mol. The third kappa shape index (κ3) is 3.59. The van der Waals surface area contributed by atoms with Crippen molar-refractivity contribution in [3.63, 3.8) is 0 Å². The fourth-order valence-electron chi connectivity index (χ4n) is 2.09. The molecule has 3 nitrogen and oxygen atoms in total. The summed E-state index contributed by atoms with van der Waals surface area (Å²) in [6.45, 7) is 5.86. The van der Waals surface area contributed by atoms with Crippen LogP contribution in [0.25, 0.3) is 0 Å². The smallest absolute Gasteiger partial charge is 0.254 e. The van der Waals surface area contributed by atoms with E-state index in [0.29, 0.717) is 6.04 Å². The first-order chi connectivity index (χ1) is 8.08. The number of amides is 1. The van der Waals surface area contributed by atoms with E-state index in [4.69, 9.17) is 0 Å². The van der Waals surface area contributed by atoms with Crippen LogP contribution in [-0.2, 0) is 0 Å². The molecule has 1 fully saturated rings. The highest BCUT2D eigenvalue weighted by Gasteiger charge is 2.27. The van der Waals surface area contributed by atoms with Gasteiger partial charge in [-0.2, -0.15) is 0 Å². The summed E-state index contributed by atoms with van der Waals surface area (Å²) in [5.41, 5.74) is 0.790. The second-order valence-corrected chi connectivity index (χ2v) is 5.87. The summed E-state index contributed by atoms with van der Waals surface area (Å²) in [5.74, 6) is 0.143. The van der Waals surface area contributed by atoms with Gasteiger partial charge in [-0.05, 0) is 54.6 Å². The Bertz CT molecular complexity index is 427. The van der Waals surface area contributed by atoms with Crippen LogP contribution in [0.3, 0.4) is 0 Å². The zero-order valence-electron chi connectivity index (χ0n) is 10.5. The molecule has 1 heterocycles. The average molecular weight is 381 g/mol. The average Bonchev–Trinajstić information content (AvgIpc) is 2.31. The lowest BCUT2D eigenvalue weighted by Gasteiger charge is -2.37. The zero-order valence-corrected chi connectivity index (χ0v) is 13.5. The molecule has 0 saturated carbocycles. The van der Waals surface area contributed by atoms with E-state index in [1.807, 2.05) is 29.2 Å². The molecule has 0 spiro atoms. The van der Waals surface area contributed by atoms with Gasteiger partial charge in [0.25, 0.3) is 5.91 Å². The molecule has 1 N–H and O–H groups in total. The van der Waals surface area contributed by atoms with Crippen molar-refractivity contribution < 1.29 is 4.79 Å². The van der Waals surface area contributed by atoms with Gasteiger partial charge in [0, 0.05) is 34.3 Å². The third-order valence-electron chi connectivity index (χ3n) is 3.10. The minimum Gasteiger partial charge on any atom is -0.333 e. The van der Waals surface area contributed by atoms with E-state index in [1.54, 1.807) is 0 Å². The van der Waals surface area contributed by atoms with Crippen molar-refractivity contribution in [2.75, 3.05) is 13.1 Å². The van der Waals surface area contributed by atoms with Crippen LogP contribution < -0.4 is 5.32 Å².